The molecule has 0 bridgehead atoms. The van der Waals surface area contributed by atoms with Crippen LogP contribution in [0.3, 0.4) is 0 Å². The zero-order valence-corrected chi connectivity index (χ0v) is 18.4. The van der Waals surface area contributed by atoms with Crippen LogP contribution in [-0.2, 0) is 19.1 Å². The number of rotatable bonds is 17. The summed E-state index contributed by atoms with van der Waals surface area (Å²) in [4.78, 5) is 26.5. The lowest BCUT2D eigenvalue weighted by Gasteiger charge is -2.23. The Morgan fingerprint density at radius 1 is 0.786 bits per heavy atom. The van der Waals surface area contributed by atoms with Crippen LogP contribution in [0, 0.1) is 0 Å². The molecule has 0 aromatic heterocycles. The summed E-state index contributed by atoms with van der Waals surface area (Å²) in [6.07, 6.45) is 14.1. The van der Waals surface area contributed by atoms with Gasteiger partial charge in [0.05, 0.1) is 0 Å². The smallest absolute Gasteiger partial charge is 0.306 e. The molecule has 0 saturated carbocycles. The van der Waals surface area contributed by atoms with E-state index >= 15 is 0 Å². The predicted octanol–water partition coefficient (Wildman–Crippen LogP) is 5.26. The van der Waals surface area contributed by atoms with Crippen LogP contribution in [0.5, 0.6) is 0 Å². The Bertz CT molecular complexity index is 407. The predicted molar refractivity (Wildman–Crippen MR) is 113 cm³/mol. The van der Waals surface area contributed by atoms with E-state index in [2.05, 4.69) is 18.7 Å². The molecule has 1 atom stereocenters. The zero-order chi connectivity index (χ0) is 20.5. The maximum absolute atomic E-state index is 12.2. The van der Waals surface area contributed by atoms with Crippen molar-refractivity contribution in [2.45, 2.75) is 110 Å². The number of hydrogen-bond acceptors (Lipinski definition) is 5. The molecule has 1 unspecified atom stereocenters. The molecule has 164 valence electrons. The average Bonchev–Trinajstić information content (AvgIpc) is 3.19. The van der Waals surface area contributed by atoms with Crippen LogP contribution in [0.15, 0.2) is 0 Å². The Morgan fingerprint density at radius 2 is 1.32 bits per heavy atom. The molecule has 1 aliphatic rings. The van der Waals surface area contributed by atoms with Crippen molar-refractivity contribution in [3.63, 3.8) is 0 Å². The van der Waals surface area contributed by atoms with Crippen molar-refractivity contribution < 1.29 is 19.1 Å². The highest BCUT2D eigenvalue weighted by Crippen LogP contribution is 2.12. The third kappa shape index (κ3) is 13.1. The highest BCUT2D eigenvalue weighted by atomic mass is 16.6. The minimum atomic E-state index is -0.342. The highest BCUT2D eigenvalue weighted by Gasteiger charge is 2.22. The Balaban J connectivity index is 2.29. The van der Waals surface area contributed by atoms with E-state index in [0.717, 1.165) is 38.8 Å². The molecule has 1 heterocycles. The fraction of sp³-hybridized carbons (Fsp3) is 0.913. The largest absolute Gasteiger partial charge is 0.462 e. The Hall–Kier alpha value is -1.10. The highest BCUT2D eigenvalue weighted by molar-refractivity contribution is 5.70. The van der Waals surface area contributed by atoms with Gasteiger partial charge in [-0.15, -0.1) is 0 Å². The van der Waals surface area contributed by atoms with Gasteiger partial charge >= 0.3 is 11.9 Å². The molecule has 1 fully saturated rings. The second kappa shape index (κ2) is 16.8. The first-order valence-electron chi connectivity index (χ1n) is 11.7. The van der Waals surface area contributed by atoms with Crippen LogP contribution in [0.1, 0.15) is 104 Å². The number of unbranched alkanes of at least 4 members (excludes halogenated alkanes) is 8. The van der Waals surface area contributed by atoms with Crippen molar-refractivity contribution in [3.8, 4) is 0 Å². The van der Waals surface area contributed by atoms with E-state index in [-0.39, 0.29) is 24.6 Å². The van der Waals surface area contributed by atoms with Gasteiger partial charge in [0.15, 0.2) is 0 Å². The van der Waals surface area contributed by atoms with Crippen molar-refractivity contribution in [1.29, 1.82) is 0 Å². The lowest BCUT2D eigenvalue weighted by atomic mass is 10.1. The van der Waals surface area contributed by atoms with Crippen LogP contribution in [0.4, 0.5) is 0 Å². The number of esters is 2. The molecular formula is C23H43NO4. The zero-order valence-electron chi connectivity index (χ0n) is 18.4. The number of likely N-dealkylation sites (tertiary alicyclic amines) is 1. The molecular weight excluding hydrogens is 354 g/mol. The number of ether oxygens (including phenoxy) is 2. The molecule has 5 heteroatoms. The monoisotopic (exact) mass is 397 g/mol. The summed E-state index contributed by atoms with van der Waals surface area (Å²) >= 11 is 0. The second-order valence-electron chi connectivity index (χ2n) is 8.13. The van der Waals surface area contributed by atoms with E-state index in [0.29, 0.717) is 19.4 Å². The minimum absolute atomic E-state index is 0.156. The van der Waals surface area contributed by atoms with E-state index in [9.17, 15) is 9.59 Å². The third-order valence-corrected chi connectivity index (χ3v) is 5.36. The lowest BCUT2D eigenvalue weighted by molar-refractivity contribution is -0.160. The van der Waals surface area contributed by atoms with Crippen LogP contribution >= 0.6 is 0 Å². The summed E-state index contributed by atoms with van der Waals surface area (Å²) < 4.78 is 11.1. The minimum Gasteiger partial charge on any atom is -0.462 e. The van der Waals surface area contributed by atoms with Gasteiger partial charge in [-0.05, 0) is 38.8 Å². The van der Waals surface area contributed by atoms with Crippen molar-refractivity contribution in [1.82, 2.24) is 4.90 Å². The van der Waals surface area contributed by atoms with E-state index in [1.807, 2.05) is 0 Å². The fourth-order valence-corrected chi connectivity index (χ4v) is 3.63. The third-order valence-electron chi connectivity index (χ3n) is 5.36. The maximum Gasteiger partial charge on any atom is 0.306 e. The van der Waals surface area contributed by atoms with Gasteiger partial charge in [-0.2, -0.15) is 0 Å². The number of carbonyl (C=O) groups is 2. The normalized spacial score (nSPS) is 15.5. The molecule has 0 N–H and O–H groups in total. The summed E-state index contributed by atoms with van der Waals surface area (Å²) in [7, 11) is 0. The van der Waals surface area contributed by atoms with Crippen LogP contribution in [0.2, 0.25) is 0 Å². The number of nitrogens with zero attached hydrogens (tertiary/aromatic N) is 1. The van der Waals surface area contributed by atoms with E-state index in [1.165, 1.54) is 51.4 Å². The van der Waals surface area contributed by atoms with E-state index in [4.69, 9.17) is 9.47 Å². The van der Waals surface area contributed by atoms with Crippen molar-refractivity contribution in [3.05, 3.63) is 0 Å². The lowest BCUT2D eigenvalue weighted by Crippen LogP contribution is -2.37. The summed E-state index contributed by atoms with van der Waals surface area (Å²) in [6.45, 7) is 7.30. The summed E-state index contributed by atoms with van der Waals surface area (Å²) in [5, 5.41) is 0. The SMILES string of the molecule is CCCCCCCC(=O)OCC(CN1CCCC1)OC(=O)CCCCCCC. The summed E-state index contributed by atoms with van der Waals surface area (Å²) in [5.74, 6) is -0.324. The summed E-state index contributed by atoms with van der Waals surface area (Å²) in [6, 6.07) is 0. The molecule has 0 spiro atoms. The van der Waals surface area contributed by atoms with Crippen LogP contribution in [0.25, 0.3) is 0 Å². The Kier molecular flexibility index (Phi) is 15.0. The fourth-order valence-electron chi connectivity index (χ4n) is 3.63. The van der Waals surface area contributed by atoms with Crippen molar-refractivity contribution in [2.24, 2.45) is 0 Å². The molecule has 5 nitrogen and oxygen atoms in total. The van der Waals surface area contributed by atoms with Crippen molar-refractivity contribution >= 4 is 11.9 Å². The Morgan fingerprint density at radius 3 is 1.89 bits per heavy atom. The Labute approximate surface area is 172 Å². The molecule has 0 aliphatic carbocycles. The first-order chi connectivity index (χ1) is 13.7. The van der Waals surface area contributed by atoms with Crippen molar-refractivity contribution in [2.75, 3.05) is 26.2 Å². The van der Waals surface area contributed by atoms with E-state index < -0.39 is 0 Å². The van der Waals surface area contributed by atoms with Gasteiger partial charge in [-0.25, -0.2) is 0 Å². The molecule has 0 aromatic rings. The topological polar surface area (TPSA) is 55.8 Å². The molecule has 0 radical (unpaired) electrons. The standard InChI is InChI=1S/C23H43NO4/c1-3-5-7-9-11-15-22(25)27-20-21(19-24-17-13-14-18-24)28-23(26)16-12-10-8-6-4-2/h21H,3-20H2,1-2H3. The maximum atomic E-state index is 12.2. The van der Waals surface area contributed by atoms with Gasteiger partial charge in [-0.3, -0.25) is 14.5 Å². The van der Waals surface area contributed by atoms with Gasteiger partial charge in [0.1, 0.15) is 12.7 Å². The molecule has 0 aromatic carbocycles. The first-order valence-corrected chi connectivity index (χ1v) is 11.7. The van der Waals surface area contributed by atoms with Gasteiger partial charge in [0.25, 0.3) is 0 Å². The number of hydrogen-bond donors (Lipinski definition) is 0. The number of carbonyl (C=O) groups excluding carboxylic acids is 2. The quantitative estimate of drug-likeness (QED) is 0.247. The van der Waals surface area contributed by atoms with Crippen LogP contribution < -0.4 is 0 Å². The molecule has 1 saturated heterocycles. The molecule has 28 heavy (non-hydrogen) atoms. The summed E-state index contributed by atoms with van der Waals surface area (Å²) in [5.41, 5.74) is 0. The van der Waals surface area contributed by atoms with Gasteiger partial charge in [0, 0.05) is 19.4 Å². The van der Waals surface area contributed by atoms with Gasteiger partial charge in [-0.1, -0.05) is 65.2 Å². The van der Waals surface area contributed by atoms with Crippen LogP contribution in [-0.4, -0.2) is 49.2 Å². The second-order valence-corrected chi connectivity index (χ2v) is 8.13. The van der Waals surface area contributed by atoms with Gasteiger partial charge in [0.2, 0.25) is 0 Å². The van der Waals surface area contributed by atoms with Gasteiger partial charge < -0.3 is 9.47 Å². The van der Waals surface area contributed by atoms with E-state index in [1.54, 1.807) is 0 Å². The first kappa shape index (κ1) is 24.9. The molecule has 0 amide bonds. The average molecular weight is 398 g/mol. The molecule has 1 rings (SSSR count). The molecule has 1 aliphatic heterocycles.